The third-order valence-electron chi connectivity index (χ3n) is 13.6. The van der Waals surface area contributed by atoms with Crippen molar-refractivity contribution in [3.05, 3.63) is 12.2 Å². The molecule has 0 rings (SSSR count). The maximum absolute atomic E-state index is 13.2. The van der Waals surface area contributed by atoms with Gasteiger partial charge in [0.15, 0.2) is 0 Å². The fourth-order valence-corrected chi connectivity index (χ4v) is 9.19. The monoisotopic (exact) mass is 904 g/mol. The minimum atomic E-state index is -0.782. The molecule has 3 atom stereocenters. The lowest BCUT2D eigenvalue weighted by molar-refractivity contribution is -0.151. The highest BCUT2D eigenvalue weighted by Crippen LogP contribution is 2.19. The number of carbonyl (C=O) groups excluding carboxylic acids is 2. The van der Waals surface area contributed by atoms with E-state index in [0.717, 1.165) is 44.9 Å². The fraction of sp³-hybridized carbons (Fsp3) is 0.931. The third-order valence-corrected chi connectivity index (χ3v) is 13.6. The van der Waals surface area contributed by atoms with Crippen molar-refractivity contribution in [2.75, 3.05) is 6.61 Å². The Morgan fingerprint density at radius 3 is 1.11 bits per heavy atom. The molecule has 0 saturated heterocycles. The third kappa shape index (κ3) is 47.1. The Morgan fingerprint density at radius 2 is 0.750 bits per heavy atom. The van der Waals surface area contributed by atoms with E-state index in [-0.39, 0.29) is 24.9 Å². The van der Waals surface area contributed by atoms with Gasteiger partial charge in [0.1, 0.15) is 6.10 Å². The number of hydrogen-bond donors (Lipinski definition) is 3. The van der Waals surface area contributed by atoms with Crippen molar-refractivity contribution in [2.45, 2.75) is 341 Å². The van der Waals surface area contributed by atoms with Crippen molar-refractivity contribution in [3.63, 3.8) is 0 Å². The molecule has 0 aromatic carbocycles. The van der Waals surface area contributed by atoms with E-state index in [9.17, 15) is 19.8 Å². The zero-order valence-electron chi connectivity index (χ0n) is 43.4. The Morgan fingerprint density at radius 1 is 0.438 bits per heavy atom. The minimum absolute atomic E-state index is 0.0847. The molecule has 0 aromatic heterocycles. The van der Waals surface area contributed by atoms with Crippen LogP contribution in [0.2, 0.25) is 0 Å². The molecule has 0 heterocycles. The van der Waals surface area contributed by atoms with Gasteiger partial charge in [-0.25, -0.2) is 0 Å². The first-order valence-corrected chi connectivity index (χ1v) is 28.9. The fourth-order valence-electron chi connectivity index (χ4n) is 9.19. The largest absolute Gasteiger partial charge is 0.462 e. The number of unbranched alkanes of at least 4 members (excludes halogenated alkanes) is 39. The van der Waals surface area contributed by atoms with Crippen LogP contribution in [-0.4, -0.2) is 46.9 Å². The molecule has 380 valence electrons. The molecule has 0 radical (unpaired) electrons. The number of rotatable bonds is 53. The molecule has 3 N–H and O–H groups in total. The number of aliphatic hydroxyl groups is 2. The molecule has 0 aliphatic heterocycles. The Bertz CT molecular complexity index is 970. The van der Waals surface area contributed by atoms with Crippen LogP contribution in [0.5, 0.6) is 0 Å². The van der Waals surface area contributed by atoms with Crippen molar-refractivity contribution >= 4 is 11.9 Å². The van der Waals surface area contributed by atoms with Crippen molar-refractivity contribution in [3.8, 4) is 0 Å². The highest BCUT2D eigenvalue weighted by atomic mass is 16.5. The Hall–Kier alpha value is -1.40. The summed E-state index contributed by atoms with van der Waals surface area (Å²) in [6.07, 6.45) is 59.9. The number of amides is 1. The molecule has 0 aromatic rings. The van der Waals surface area contributed by atoms with Gasteiger partial charge in [-0.2, -0.15) is 0 Å². The average Bonchev–Trinajstić information content (AvgIpc) is 3.29. The molecule has 6 heteroatoms. The summed E-state index contributed by atoms with van der Waals surface area (Å²) in [5.74, 6) is -0.454. The van der Waals surface area contributed by atoms with Crippen LogP contribution in [0.4, 0.5) is 0 Å². The molecular formula is C58H113NO5. The van der Waals surface area contributed by atoms with Crippen molar-refractivity contribution < 1.29 is 24.5 Å². The number of carbonyl (C=O) groups is 2. The number of esters is 1. The van der Waals surface area contributed by atoms with Crippen LogP contribution in [0, 0.1) is 0 Å². The van der Waals surface area contributed by atoms with E-state index in [1.807, 2.05) is 0 Å². The van der Waals surface area contributed by atoms with Crippen LogP contribution < -0.4 is 5.32 Å². The van der Waals surface area contributed by atoms with Gasteiger partial charge in [-0.05, 0) is 51.4 Å². The van der Waals surface area contributed by atoms with Gasteiger partial charge in [-0.3, -0.25) is 9.59 Å². The van der Waals surface area contributed by atoms with Gasteiger partial charge in [0.05, 0.1) is 25.2 Å². The van der Waals surface area contributed by atoms with E-state index in [1.165, 1.54) is 231 Å². The van der Waals surface area contributed by atoms with Crippen LogP contribution in [0.3, 0.4) is 0 Å². The SMILES string of the molecule is CCCCCCCC/C=C/CCCCCCCCCCCC(=O)OC(CCCCCCCCCCCCCC)CC(=O)NC(CO)C(O)CCCCCCCCCCCCCCCC. The summed E-state index contributed by atoms with van der Waals surface area (Å²) in [5, 5.41) is 23.9. The quantitative estimate of drug-likeness (QED) is 0.0321. The lowest BCUT2D eigenvalue weighted by Crippen LogP contribution is -2.46. The average molecular weight is 905 g/mol. The van der Waals surface area contributed by atoms with E-state index in [0.29, 0.717) is 19.3 Å². The van der Waals surface area contributed by atoms with Gasteiger partial charge in [0, 0.05) is 6.42 Å². The molecule has 6 nitrogen and oxygen atoms in total. The first kappa shape index (κ1) is 62.6. The molecule has 0 aliphatic rings. The topological polar surface area (TPSA) is 95.9 Å². The van der Waals surface area contributed by atoms with E-state index in [1.54, 1.807) is 0 Å². The summed E-state index contributed by atoms with van der Waals surface area (Å²) in [6.45, 7) is 6.52. The second-order valence-corrected chi connectivity index (χ2v) is 20.1. The number of allylic oxidation sites excluding steroid dienone is 2. The first-order valence-electron chi connectivity index (χ1n) is 28.9. The normalized spacial score (nSPS) is 13.1. The number of ether oxygens (including phenoxy) is 1. The summed E-state index contributed by atoms with van der Waals surface area (Å²) in [5.41, 5.74) is 0. The molecule has 3 unspecified atom stereocenters. The molecule has 0 fully saturated rings. The van der Waals surface area contributed by atoms with Gasteiger partial charge in [-0.1, -0.05) is 270 Å². The smallest absolute Gasteiger partial charge is 0.306 e. The van der Waals surface area contributed by atoms with E-state index in [2.05, 4.69) is 38.2 Å². The predicted octanol–water partition coefficient (Wildman–Crippen LogP) is 17.7. The Labute approximate surface area is 399 Å². The summed E-state index contributed by atoms with van der Waals surface area (Å²) in [7, 11) is 0. The van der Waals surface area contributed by atoms with E-state index in [4.69, 9.17) is 4.74 Å². The van der Waals surface area contributed by atoms with Crippen LogP contribution in [0.15, 0.2) is 12.2 Å². The first-order chi connectivity index (χ1) is 31.5. The number of hydrogen-bond acceptors (Lipinski definition) is 5. The standard InChI is InChI=1S/C58H113NO5/c1-4-7-10-13-16-19-22-25-27-28-29-30-31-33-36-39-42-45-48-51-58(63)64-54(49-46-43-40-37-34-24-21-18-15-12-9-6-3)52-57(62)59-55(53-60)56(61)50-47-44-41-38-35-32-26-23-20-17-14-11-8-5-2/h25,27,54-56,60-61H,4-24,26,28-53H2,1-3H3,(H,59,62)/b27-25+. The van der Waals surface area contributed by atoms with Crippen LogP contribution >= 0.6 is 0 Å². The summed E-state index contributed by atoms with van der Waals surface area (Å²) in [6, 6.07) is -0.695. The summed E-state index contributed by atoms with van der Waals surface area (Å²) in [4.78, 5) is 26.2. The molecule has 1 amide bonds. The highest BCUT2D eigenvalue weighted by molar-refractivity contribution is 5.77. The van der Waals surface area contributed by atoms with Crippen molar-refractivity contribution in [1.82, 2.24) is 5.32 Å². The molecule has 0 bridgehead atoms. The van der Waals surface area contributed by atoms with Crippen molar-refractivity contribution in [2.24, 2.45) is 0 Å². The van der Waals surface area contributed by atoms with Gasteiger partial charge in [-0.15, -0.1) is 0 Å². The predicted molar refractivity (Wildman–Crippen MR) is 278 cm³/mol. The van der Waals surface area contributed by atoms with Gasteiger partial charge in [0.25, 0.3) is 0 Å². The summed E-state index contributed by atoms with van der Waals surface area (Å²) >= 11 is 0. The second-order valence-electron chi connectivity index (χ2n) is 20.1. The number of aliphatic hydroxyl groups excluding tert-OH is 2. The zero-order valence-corrected chi connectivity index (χ0v) is 43.4. The Kier molecular flexibility index (Phi) is 51.4. The molecule has 0 saturated carbocycles. The van der Waals surface area contributed by atoms with Crippen LogP contribution in [-0.2, 0) is 14.3 Å². The lowest BCUT2D eigenvalue weighted by Gasteiger charge is -2.24. The molecule has 0 aliphatic carbocycles. The second kappa shape index (κ2) is 52.6. The zero-order chi connectivity index (χ0) is 46.7. The minimum Gasteiger partial charge on any atom is -0.462 e. The number of nitrogens with one attached hydrogen (secondary N) is 1. The highest BCUT2D eigenvalue weighted by Gasteiger charge is 2.24. The van der Waals surface area contributed by atoms with Crippen LogP contribution in [0.1, 0.15) is 323 Å². The molecule has 64 heavy (non-hydrogen) atoms. The molecular weight excluding hydrogens is 791 g/mol. The maximum Gasteiger partial charge on any atom is 0.306 e. The van der Waals surface area contributed by atoms with Crippen molar-refractivity contribution in [1.29, 1.82) is 0 Å². The summed E-state index contributed by atoms with van der Waals surface area (Å²) < 4.78 is 5.96. The van der Waals surface area contributed by atoms with E-state index < -0.39 is 18.2 Å². The Balaban J connectivity index is 4.44. The van der Waals surface area contributed by atoms with Crippen LogP contribution in [0.25, 0.3) is 0 Å². The maximum atomic E-state index is 13.2. The molecule has 0 spiro atoms. The van der Waals surface area contributed by atoms with E-state index >= 15 is 0 Å². The lowest BCUT2D eigenvalue weighted by atomic mass is 10.0. The van der Waals surface area contributed by atoms with Gasteiger partial charge < -0.3 is 20.3 Å². The van der Waals surface area contributed by atoms with Gasteiger partial charge in [0.2, 0.25) is 5.91 Å². The van der Waals surface area contributed by atoms with Gasteiger partial charge >= 0.3 is 5.97 Å².